The highest BCUT2D eigenvalue weighted by atomic mass is 79.9. The molecule has 1 rings (SSSR count). The molecule has 0 aliphatic carbocycles. The number of carbonyl (C=O) groups is 1. The molecule has 1 amide bonds. The monoisotopic (exact) mass is 327 g/mol. The van der Waals surface area contributed by atoms with Crippen LogP contribution in [0.4, 0.5) is 0 Å². The Morgan fingerprint density at radius 1 is 1.53 bits per heavy atom. The average molecular weight is 328 g/mol. The molecule has 0 radical (unpaired) electrons. The van der Waals surface area contributed by atoms with Crippen LogP contribution in [0.15, 0.2) is 27.8 Å². The summed E-state index contributed by atoms with van der Waals surface area (Å²) in [7, 11) is 0. The third kappa shape index (κ3) is 3.96. The van der Waals surface area contributed by atoms with E-state index in [1.165, 1.54) is 0 Å². The number of rotatable bonds is 5. The van der Waals surface area contributed by atoms with E-state index < -0.39 is 0 Å². The molecule has 5 nitrogen and oxygen atoms in total. The second-order valence-corrected chi connectivity index (χ2v) is 5.08. The molecule has 0 aliphatic rings. The van der Waals surface area contributed by atoms with E-state index in [9.17, 15) is 4.79 Å². The predicted molar refractivity (Wildman–Crippen MR) is 78.5 cm³/mol. The molecule has 1 aromatic rings. The maximum absolute atomic E-state index is 12.5. The highest BCUT2D eigenvalue weighted by Gasteiger charge is 2.18. The van der Waals surface area contributed by atoms with Gasteiger partial charge in [-0.3, -0.25) is 4.79 Å². The van der Waals surface area contributed by atoms with Crippen LogP contribution in [0.5, 0.6) is 0 Å². The fourth-order valence-electron chi connectivity index (χ4n) is 1.76. The largest absolute Gasteiger partial charge is 0.409 e. The fraction of sp³-hybridized carbons (Fsp3) is 0.385. The van der Waals surface area contributed by atoms with Crippen molar-refractivity contribution in [3.63, 3.8) is 0 Å². The minimum Gasteiger partial charge on any atom is -0.409 e. The van der Waals surface area contributed by atoms with Crippen LogP contribution in [0, 0.1) is 6.92 Å². The summed E-state index contributed by atoms with van der Waals surface area (Å²) in [6.07, 6.45) is 0.803. The van der Waals surface area contributed by atoms with Gasteiger partial charge in [-0.25, -0.2) is 0 Å². The summed E-state index contributed by atoms with van der Waals surface area (Å²) in [5.41, 5.74) is 6.99. The number of hydrogen-bond acceptors (Lipinski definition) is 3. The van der Waals surface area contributed by atoms with Gasteiger partial charge in [-0.1, -0.05) is 34.1 Å². The van der Waals surface area contributed by atoms with Crippen molar-refractivity contribution < 1.29 is 10.0 Å². The van der Waals surface area contributed by atoms with Crippen LogP contribution in [-0.4, -0.2) is 34.9 Å². The number of benzene rings is 1. The van der Waals surface area contributed by atoms with Gasteiger partial charge in [0.15, 0.2) is 5.84 Å². The van der Waals surface area contributed by atoms with E-state index >= 15 is 0 Å². The Balaban J connectivity index is 3.02. The molecule has 19 heavy (non-hydrogen) atoms. The average Bonchev–Trinajstić information content (AvgIpc) is 2.40. The normalized spacial score (nSPS) is 11.4. The lowest BCUT2D eigenvalue weighted by Crippen LogP contribution is -2.39. The van der Waals surface area contributed by atoms with E-state index in [2.05, 4.69) is 21.1 Å². The number of hydrogen-bond donors (Lipinski definition) is 2. The van der Waals surface area contributed by atoms with Gasteiger partial charge in [-0.05, 0) is 31.0 Å². The van der Waals surface area contributed by atoms with Crippen molar-refractivity contribution in [2.24, 2.45) is 10.9 Å². The van der Waals surface area contributed by atoms with Crippen LogP contribution in [-0.2, 0) is 0 Å². The van der Waals surface area contributed by atoms with E-state index in [4.69, 9.17) is 10.9 Å². The summed E-state index contributed by atoms with van der Waals surface area (Å²) in [4.78, 5) is 14.0. The van der Waals surface area contributed by atoms with Crippen LogP contribution < -0.4 is 5.73 Å². The van der Waals surface area contributed by atoms with Crippen LogP contribution >= 0.6 is 15.9 Å². The quantitative estimate of drug-likeness (QED) is 0.377. The third-order valence-electron chi connectivity index (χ3n) is 2.76. The summed E-state index contributed by atoms with van der Waals surface area (Å²) in [6, 6.07) is 5.48. The molecular formula is C13H18BrN3O2. The zero-order chi connectivity index (χ0) is 14.4. The van der Waals surface area contributed by atoms with E-state index in [0.29, 0.717) is 12.1 Å². The van der Waals surface area contributed by atoms with Gasteiger partial charge >= 0.3 is 0 Å². The van der Waals surface area contributed by atoms with Crippen molar-refractivity contribution in [3.8, 4) is 0 Å². The van der Waals surface area contributed by atoms with Gasteiger partial charge in [0.2, 0.25) is 0 Å². The van der Waals surface area contributed by atoms with E-state index in [0.717, 1.165) is 16.5 Å². The van der Waals surface area contributed by atoms with E-state index in [1.807, 2.05) is 26.0 Å². The highest BCUT2D eigenvalue weighted by molar-refractivity contribution is 9.10. The van der Waals surface area contributed by atoms with Crippen molar-refractivity contribution in [1.29, 1.82) is 0 Å². The lowest BCUT2D eigenvalue weighted by Gasteiger charge is -2.22. The van der Waals surface area contributed by atoms with Gasteiger partial charge in [0.1, 0.15) is 0 Å². The van der Waals surface area contributed by atoms with Gasteiger partial charge in [-0.2, -0.15) is 0 Å². The molecule has 0 fully saturated rings. The first-order valence-electron chi connectivity index (χ1n) is 6.02. The van der Waals surface area contributed by atoms with E-state index in [1.54, 1.807) is 11.0 Å². The summed E-state index contributed by atoms with van der Waals surface area (Å²) < 4.78 is 0.888. The Kier molecular flexibility index (Phi) is 5.82. The number of oxime groups is 1. The molecule has 0 unspecified atom stereocenters. The Bertz CT molecular complexity index is 489. The summed E-state index contributed by atoms with van der Waals surface area (Å²) >= 11 is 3.41. The number of amidine groups is 1. The molecule has 0 atom stereocenters. The van der Waals surface area contributed by atoms with Gasteiger partial charge in [0.25, 0.3) is 5.91 Å². The minimum absolute atomic E-state index is 0.0226. The molecule has 0 saturated carbocycles. The zero-order valence-corrected chi connectivity index (χ0v) is 12.6. The Morgan fingerprint density at radius 3 is 2.79 bits per heavy atom. The first-order valence-corrected chi connectivity index (χ1v) is 6.81. The molecule has 0 aliphatic heterocycles. The molecule has 0 heterocycles. The SMILES string of the molecule is CCCN(CC(N)=NO)C(=O)c1cccc(Br)c1C. The third-order valence-corrected chi connectivity index (χ3v) is 3.62. The van der Waals surface area contributed by atoms with Crippen LogP contribution in [0.1, 0.15) is 29.3 Å². The molecule has 104 valence electrons. The highest BCUT2D eigenvalue weighted by Crippen LogP contribution is 2.20. The summed E-state index contributed by atoms with van der Waals surface area (Å²) in [5.74, 6) is -0.0956. The standard InChI is InChI=1S/C13H18BrN3O2/c1-3-7-17(8-12(15)16-19)13(18)10-5-4-6-11(14)9(10)2/h4-6,19H,3,7-8H2,1-2H3,(H2,15,16). The van der Waals surface area contributed by atoms with Crippen molar-refractivity contribution in [3.05, 3.63) is 33.8 Å². The predicted octanol–water partition coefficient (Wildman–Crippen LogP) is 2.36. The molecule has 0 aromatic heterocycles. The van der Waals surface area contributed by atoms with Crippen LogP contribution in [0.3, 0.4) is 0 Å². The van der Waals surface area contributed by atoms with Crippen molar-refractivity contribution in [2.75, 3.05) is 13.1 Å². The smallest absolute Gasteiger partial charge is 0.254 e. The summed E-state index contributed by atoms with van der Waals surface area (Å²) in [5, 5.41) is 11.5. The second kappa shape index (κ2) is 7.13. The first-order chi connectivity index (χ1) is 9.01. The molecule has 0 bridgehead atoms. The Morgan fingerprint density at radius 2 is 2.21 bits per heavy atom. The van der Waals surface area contributed by atoms with Gasteiger partial charge < -0.3 is 15.8 Å². The lowest BCUT2D eigenvalue weighted by molar-refractivity contribution is 0.0777. The molecule has 0 saturated heterocycles. The fourth-order valence-corrected chi connectivity index (χ4v) is 2.13. The maximum atomic E-state index is 12.5. The van der Waals surface area contributed by atoms with Gasteiger partial charge in [0, 0.05) is 16.6 Å². The molecule has 3 N–H and O–H groups in total. The topological polar surface area (TPSA) is 78.9 Å². The second-order valence-electron chi connectivity index (χ2n) is 4.23. The summed E-state index contributed by atoms with van der Waals surface area (Å²) in [6.45, 7) is 4.53. The first kappa shape index (κ1) is 15.5. The lowest BCUT2D eigenvalue weighted by atomic mass is 10.1. The number of nitrogens with zero attached hydrogens (tertiary/aromatic N) is 2. The molecule has 0 spiro atoms. The number of halogens is 1. The number of carbonyl (C=O) groups excluding carboxylic acids is 1. The minimum atomic E-state index is -0.118. The zero-order valence-electron chi connectivity index (χ0n) is 11.1. The Labute approximate surface area is 121 Å². The maximum Gasteiger partial charge on any atom is 0.254 e. The molecule has 1 aromatic carbocycles. The Hall–Kier alpha value is -1.56. The van der Waals surface area contributed by atoms with Crippen LogP contribution in [0.25, 0.3) is 0 Å². The van der Waals surface area contributed by atoms with Crippen molar-refractivity contribution in [1.82, 2.24) is 4.90 Å². The van der Waals surface area contributed by atoms with Crippen molar-refractivity contribution in [2.45, 2.75) is 20.3 Å². The molecule has 6 heteroatoms. The molecular weight excluding hydrogens is 310 g/mol. The number of nitrogens with two attached hydrogens (primary N) is 1. The van der Waals surface area contributed by atoms with Gasteiger partial charge in [-0.15, -0.1) is 0 Å². The number of amides is 1. The van der Waals surface area contributed by atoms with E-state index in [-0.39, 0.29) is 18.3 Å². The van der Waals surface area contributed by atoms with Gasteiger partial charge in [0.05, 0.1) is 6.54 Å². The van der Waals surface area contributed by atoms with Crippen molar-refractivity contribution >= 4 is 27.7 Å². The van der Waals surface area contributed by atoms with Crippen LogP contribution in [0.2, 0.25) is 0 Å².